The normalized spacial score (nSPS) is 16.3. The molecule has 2 aromatic rings. The maximum Gasteiger partial charge on any atom is 0.129 e. The number of pyridine rings is 1. The van der Waals surface area contributed by atoms with Crippen LogP contribution < -0.4 is 4.90 Å². The van der Waals surface area contributed by atoms with Gasteiger partial charge in [-0.3, -0.25) is 4.90 Å². The van der Waals surface area contributed by atoms with Gasteiger partial charge in [-0.05, 0) is 38.1 Å². The van der Waals surface area contributed by atoms with Crippen molar-refractivity contribution >= 4 is 29.1 Å². The Morgan fingerprint density at radius 2 is 1.71 bits per heavy atom. The van der Waals surface area contributed by atoms with E-state index in [1.807, 2.05) is 12.1 Å². The molecular weight excluding hydrogens is 289 g/mol. The van der Waals surface area contributed by atoms with Crippen molar-refractivity contribution in [1.29, 1.82) is 0 Å². The highest BCUT2D eigenvalue weighted by atomic mass is 35.5. The van der Waals surface area contributed by atoms with Crippen LogP contribution in [0.4, 0.5) is 10.2 Å². The Balaban J connectivity index is 0.00000161. The van der Waals surface area contributed by atoms with Gasteiger partial charge in [0, 0.05) is 43.7 Å². The molecule has 5 heteroatoms. The first kappa shape index (κ1) is 16.0. The van der Waals surface area contributed by atoms with Crippen LogP contribution in [0.2, 0.25) is 0 Å². The smallest absolute Gasteiger partial charge is 0.129 e. The number of anilines is 1. The molecule has 1 aromatic heterocycles. The summed E-state index contributed by atoms with van der Waals surface area (Å²) in [5, 5.41) is 0.982. The minimum atomic E-state index is -0.230. The summed E-state index contributed by atoms with van der Waals surface area (Å²) in [5.74, 6) is 0.721. The Morgan fingerprint density at radius 1 is 1.05 bits per heavy atom. The molecular formula is C16H21ClFN3. The first-order valence-corrected chi connectivity index (χ1v) is 7.19. The molecule has 21 heavy (non-hydrogen) atoms. The molecule has 114 valence electrons. The van der Waals surface area contributed by atoms with Gasteiger partial charge in [0.25, 0.3) is 0 Å². The van der Waals surface area contributed by atoms with Crippen molar-refractivity contribution in [1.82, 2.24) is 9.88 Å². The second-order valence-electron chi connectivity index (χ2n) is 5.62. The molecule has 1 saturated heterocycles. The average Bonchev–Trinajstić information content (AvgIpc) is 2.46. The van der Waals surface area contributed by atoms with E-state index in [4.69, 9.17) is 0 Å². The largest absolute Gasteiger partial charge is 0.354 e. The lowest BCUT2D eigenvalue weighted by Crippen LogP contribution is -2.49. The molecule has 0 saturated carbocycles. The quantitative estimate of drug-likeness (QED) is 0.848. The summed E-state index contributed by atoms with van der Waals surface area (Å²) < 4.78 is 13.3. The van der Waals surface area contributed by atoms with Crippen LogP contribution in [-0.4, -0.2) is 42.1 Å². The number of benzene rings is 1. The Bertz CT molecular complexity index is 609. The van der Waals surface area contributed by atoms with E-state index in [2.05, 4.69) is 28.6 Å². The van der Waals surface area contributed by atoms with Crippen molar-refractivity contribution in [3.05, 3.63) is 36.1 Å². The highest BCUT2D eigenvalue weighted by molar-refractivity contribution is 5.85. The fourth-order valence-corrected chi connectivity index (χ4v) is 2.72. The van der Waals surface area contributed by atoms with Crippen LogP contribution in [0.15, 0.2) is 30.3 Å². The number of hydrogen-bond donors (Lipinski definition) is 0. The number of aromatic nitrogens is 1. The third kappa shape index (κ3) is 3.44. The van der Waals surface area contributed by atoms with Crippen molar-refractivity contribution in [3.8, 4) is 0 Å². The molecule has 3 rings (SSSR count). The van der Waals surface area contributed by atoms with E-state index < -0.39 is 0 Å². The lowest BCUT2D eigenvalue weighted by atomic mass is 10.2. The van der Waals surface area contributed by atoms with Crippen LogP contribution in [0, 0.1) is 5.82 Å². The van der Waals surface area contributed by atoms with E-state index in [0.717, 1.165) is 42.9 Å². The molecule has 1 fully saturated rings. The highest BCUT2D eigenvalue weighted by Gasteiger charge is 2.19. The number of rotatable bonds is 2. The molecule has 2 heterocycles. The molecule has 3 nitrogen and oxygen atoms in total. The SMILES string of the molecule is CC(C)N1CCN(c2ccc3ccc(F)cc3n2)CC1.Cl. The van der Waals surface area contributed by atoms with E-state index in [9.17, 15) is 4.39 Å². The highest BCUT2D eigenvalue weighted by Crippen LogP contribution is 2.20. The molecule has 0 atom stereocenters. The molecule has 0 N–H and O–H groups in total. The first-order chi connectivity index (χ1) is 9.63. The van der Waals surface area contributed by atoms with Gasteiger partial charge in [0.05, 0.1) is 5.52 Å². The summed E-state index contributed by atoms with van der Waals surface area (Å²) in [4.78, 5) is 9.35. The zero-order valence-corrected chi connectivity index (χ0v) is 13.2. The van der Waals surface area contributed by atoms with Crippen molar-refractivity contribution in [2.75, 3.05) is 31.1 Å². The summed E-state index contributed by atoms with van der Waals surface area (Å²) in [7, 11) is 0. The summed E-state index contributed by atoms with van der Waals surface area (Å²) in [5.41, 5.74) is 0.730. The van der Waals surface area contributed by atoms with Crippen LogP contribution in [0.1, 0.15) is 13.8 Å². The zero-order chi connectivity index (χ0) is 14.1. The van der Waals surface area contributed by atoms with E-state index in [-0.39, 0.29) is 18.2 Å². The molecule has 1 aromatic carbocycles. The minimum absolute atomic E-state index is 0. The minimum Gasteiger partial charge on any atom is -0.354 e. The lowest BCUT2D eigenvalue weighted by molar-refractivity contribution is 0.209. The summed E-state index contributed by atoms with van der Waals surface area (Å²) in [6.45, 7) is 8.53. The van der Waals surface area contributed by atoms with Crippen molar-refractivity contribution in [2.24, 2.45) is 0 Å². The van der Waals surface area contributed by atoms with Crippen LogP contribution in [-0.2, 0) is 0 Å². The number of fused-ring (bicyclic) bond motifs is 1. The maximum atomic E-state index is 13.3. The summed E-state index contributed by atoms with van der Waals surface area (Å²) >= 11 is 0. The second-order valence-corrected chi connectivity index (χ2v) is 5.62. The van der Waals surface area contributed by atoms with Crippen molar-refractivity contribution in [2.45, 2.75) is 19.9 Å². The molecule has 1 aliphatic rings. The van der Waals surface area contributed by atoms with E-state index in [1.165, 1.54) is 12.1 Å². The van der Waals surface area contributed by atoms with Gasteiger partial charge >= 0.3 is 0 Å². The zero-order valence-electron chi connectivity index (χ0n) is 12.4. The lowest BCUT2D eigenvalue weighted by Gasteiger charge is -2.37. The fraction of sp³-hybridized carbons (Fsp3) is 0.438. The van der Waals surface area contributed by atoms with Gasteiger partial charge in [-0.25, -0.2) is 9.37 Å². The average molecular weight is 310 g/mol. The third-order valence-corrected chi connectivity index (χ3v) is 4.01. The van der Waals surface area contributed by atoms with Crippen LogP contribution in [0.25, 0.3) is 10.9 Å². The number of halogens is 2. The molecule has 0 spiro atoms. The number of nitrogens with zero attached hydrogens (tertiary/aromatic N) is 3. The van der Waals surface area contributed by atoms with E-state index >= 15 is 0 Å². The van der Waals surface area contributed by atoms with Gasteiger partial charge < -0.3 is 4.90 Å². The Hall–Kier alpha value is -1.39. The predicted octanol–water partition coefficient (Wildman–Crippen LogP) is 3.33. The molecule has 0 bridgehead atoms. The van der Waals surface area contributed by atoms with Crippen LogP contribution in [0.5, 0.6) is 0 Å². The molecule has 0 unspecified atom stereocenters. The maximum absolute atomic E-state index is 13.3. The van der Waals surface area contributed by atoms with Gasteiger partial charge in [0.1, 0.15) is 11.6 Å². The molecule has 0 radical (unpaired) electrons. The Morgan fingerprint density at radius 3 is 2.38 bits per heavy atom. The Labute approximate surface area is 131 Å². The Kier molecular flexibility index (Phi) is 5.01. The standard InChI is InChI=1S/C16H20FN3.ClH/c1-12(2)19-7-9-20(10-8-19)16-6-4-13-3-5-14(17)11-15(13)18-16;/h3-6,11-12H,7-10H2,1-2H3;1H. The van der Waals surface area contributed by atoms with E-state index in [1.54, 1.807) is 6.07 Å². The van der Waals surface area contributed by atoms with Crippen molar-refractivity contribution < 1.29 is 4.39 Å². The van der Waals surface area contributed by atoms with Crippen LogP contribution >= 0.6 is 12.4 Å². The first-order valence-electron chi connectivity index (χ1n) is 7.19. The fourth-order valence-electron chi connectivity index (χ4n) is 2.72. The second kappa shape index (κ2) is 6.58. The molecule has 0 amide bonds. The van der Waals surface area contributed by atoms with Crippen molar-refractivity contribution in [3.63, 3.8) is 0 Å². The third-order valence-electron chi connectivity index (χ3n) is 4.01. The van der Waals surface area contributed by atoms with Crippen LogP contribution in [0.3, 0.4) is 0 Å². The van der Waals surface area contributed by atoms with Gasteiger partial charge in [-0.1, -0.05) is 0 Å². The molecule has 0 aliphatic carbocycles. The van der Waals surface area contributed by atoms with Gasteiger partial charge in [0.2, 0.25) is 0 Å². The monoisotopic (exact) mass is 309 g/mol. The number of piperazine rings is 1. The number of hydrogen-bond acceptors (Lipinski definition) is 3. The van der Waals surface area contributed by atoms with Gasteiger partial charge in [-0.15, -0.1) is 12.4 Å². The predicted molar refractivity (Wildman–Crippen MR) is 87.9 cm³/mol. The molecule has 1 aliphatic heterocycles. The summed E-state index contributed by atoms with van der Waals surface area (Å²) in [6, 6.07) is 9.40. The summed E-state index contributed by atoms with van der Waals surface area (Å²) in [6.07, 6.45) is 0. The van der Waals surface area contributed by atoms with Gasteiger partial charge in [0.15, 0.2) is 0 Å². The van der Waals surface area contributed by atoms with E-state index in [0.29, 0.717) is 6.04 Å². The van der Waals surface area contributed by atoms with Gasteiger partial charge in [-0.2, -0.15) is 0 Å². The topological polar surface area (TPSA) is 19.4 Å².